The van der Waals surface area contributed by atoms with Gasteiger partial charge in [0.05, 0.1) is 6.54 Å². The van der Waals surface area contributed by atoms with Crippen molar-refractivity contribution < 1.29 is 4.39 Å². The molecule has 0 atom stereocenters. The second-order valence-electron chi connectivity index (χ2n) is 4.73. The molecule has 2 N–H and O–H groups in total. The fourth-order valence-electron chi connectivity index (χ4n) is 1.87. The summed E-state index contributed by atoms with van der Waals surface area (Å²) in [6.07, 6.45) is 1.86. The number of guanidine groups is 1. The summed E-state index contributed by atoms with van der Waals surface area (Å²) in [7, 11) is 1.72. The minimum Gasteiger partial charge on any atom is -0.352 e. The van der Waals surface area contributed by atoms with Gasteiger partial charge in [0.1, 0.15) is 10.8 Å². The van der Waals surface area contributed by atoms with Crippen LogP contribution in [0.15, 0.2) is 29.4 Å². The third kappa shape index (κ3) is 5.53. The molecule has 2 aromatic rings. The average Bonchev–Trinajstić information content (AvgIpc) is 2.88. The topological polar surface area (TPSA) is 49.3 Å². The molecule has 0 unspecified atom stereocenters. The largest absolute Gasteiger partial charge is 0.352 e. The summed E-state index contributed by atoms with van der Waals surface area (Å²) in [5, 5.41) is 7.43. The standard InChI is InChI=1S/C15H19FN4S.HI/c1-10-6-12(4-5-13(10)16)8-19-15(17-3)20-9-14-18-7-11(2)21-14;/h4-7H,8-9H2,1-3H3,(H2,17,19,20);1H. The van der Waals surface area contributed by atoms with E-state index >= 15 is 0 Å². The molecule has 0 bridgehead atoms. The van der Waals surface area contributed by atoms with E-state index in [-0.39, 0.29) is 29.8 Å². The Kier molecular flexibility index (Phi) is 7.74. The fraction of sp³-hybridized carbons (Fsp3) is 0.333. The summed E-state index contributed by atoms with van der Waals surface area (Å²) in [6.45, 7) is 5.03. The molecule has 1 aromatic heterocycles. The highest BCUT2D eigenvalue weighted by Crippen LogP contribution is 2.10. The maximum Gasteiger partial charge on any atom is 0.191 e. The first-order valence-electron chi connectivity index (χ1n) is 6.69. The first-order chi connectivity index (χ1) is 10.1. The quantitative estimate of drug-likeness (QED) is 0.441. The van der Waals surface area contributed by atoms with Crippen molar-refractivity contribution in [3.8, 4) is 0 Å². The predicted molar refractivity (Wildman–Crippen MR) is 100 cm³/mol. The fourth-order valence-corrected chi connectivity index (χ4v) is 2.59. The summed E-state index contributed by atoms with van der Waals surface area (Å²) in [5.74, 6) is 0.519. The van der Waals surface area contributed by atoms with Crippen LogP contribution in [0.25, 0.3) is 0 Å². The Morgan fingerprint density at radius 2 is 2.00 bits per heavy atom. The van der Waals surface area contributed by atoms with Crippen LogP contribution >= 0.6 is 35.3 Å². The van der Waals surface area contributed by atoms with Crippen LogP contribution < -0.4 is 10.6 Å². The van der Waals surface area contributed by atoms with Crippen LogP contribution in [0.2, 0.25) is 0 Å². The minimum atomic E-state index is -0.180. The van der Waals surface area contributed by atoms with E-state index in [9.17, 15) is 4.39 Å². The molecule has 0 saturated heterocycles. The minimum absolute atomic E-state index is 0. The smallest absolute Gasteiger partial charge is 0.191 e. The number of hydrogen-bond donors (Lipinski definition) is 2. The highest BCUT2D eigenvalue weighted by atomic mass is 127. The molecular weight excluding hydrogens is 414 g/mol. The lowest BCUT2D eigenvalue weighted by Gasteiger charge is -2.11. The Morgan fingerprint density at radius 3 is 2.59 bits per heavy atom. The zero-order valence-corrected chi connectivity index (χ0v) is 16.0. The van der Waals surface area contributed by atoms with Crippen molar-refractivity contribution in [3.05, 3.63) is 51.2 Å². The maximum absolute atomic E-state index is 13.2. The van der Waals surface area contributed by atoms with E-state index in [0.29, 0.717) is 24.6 Å². The van der Waals surface area contributed by atoms with Crippen LogP contribution in [0.4, 0.5) is 4.39 Å². The Hall–Kier alpha value is -1.22. The van der Waals surface area contributed by atoms with Gasteiger partial charge < -0.3 is 10.6 Å². The lowest BCUT2D eigenvalue weighted by atomic mass is 10.1. The Bertz CT molecular complexity index is 642. The lowest BCUT2D eigenvalue weighted by molar-refractivity contribution is 0.617. The van der Waals surface area contributed by atoms with Crippen LogP contribution in [-0.4, -0.2) is 18.0 Å². The van der Waals surface area contributed by atoms with E-state index in [0.717, 1.165) is 10.6 Å². The van der Waals surface area contributed by atoms with Gasteiger partial charge in [-0.15, -0.1) is 35.3 Å². The zero-order valence-electron chi connectivity index (χ0n) is 12.8. The highest BCUT2D eigenvalue weighted by molar-refractivity contribution is 14.0. The van der Waals surface area contributed by atoms with E-state index < -0.39 is 0 Å². The van der Waals surface area contributed by atoms with Crippen LogP contribution in [0.1, 0.15) is 21.0 Å². The van der Waals surface area contributed by atoms with Gasteiger partial charge in [0.15, 0.2) is 5.96 Å². The number of nitrogens with zero attached hydrogens (tertiary/aromatic N) is 2. The molecule has 0 spiro atoms. The molecule has 1 heterocycles. The average molecular weight is 434 g/mol. The van der Waals surface area contributed by atoms with Crippen molar-refractivity contribution in [2.75, 3.05) is 7.05 Å². The predicted octanol–water partition coefficient (Wildman–Crippen LogP) is 3.38. The molecule has 120 valence electrons. The second kappa shape index (κ2) is 9.04. The first kappa shape index (κ1) is 18.8. The van der Waals surface area contributed by atoms with Gasteiger partial charge in [-0.05, 0) is 31.0 Å². The zero-order chi connectivity index (χ0) is 15.2. The van der Waals surface area contributed by atoms with Gasteiger partial charge in [0.25, 0.3) is 0 Å². The molecule has 1 aromatic carbocycles. The number of halogens is 2. The summed E-state index contributed by atoms with van der Waals surface area (Å²) in [4.78, 5) is 9.65. The number of benzene rings is 1. The molecule has 0 fully saturated rings. The SMILES string of the molecule is CN=C(NCc1ccc(F)c(C)c1)NCc1ncc(C)s1.I. The third-order valence-electron chi connectivity index (χ3n) is 2.98. The highest BCUT2D eigenvalue weighted by Gasteiger charge is 2.03. The Balaban J connectivity index is 0.00000242. The van der Waals surface area contributed by atoms with E-state index in [1.54, 1.807) is 31.4 Å². The number of nitrogens with one attached hydrogen (secondary N) is 2. The molecule has 0 radical (unpaired) electrons. The number of thiazole rings is 1. The van der Waals surface area contributed by atoms with E-state index in [2.05, 4.69) is 20.6 Å². The molecule has 0 amide bonds. The number of aliphatic imine (C=N–C) groups is 1. The van der Waals surface area contributed by atoms with Crippen LogP contribution in [-0.2, 0) is 13.1 Å². The number of hydrogen-bond acceptors (Lipinski definition) is 3. The van der Waals surface area contributed by atoms with Gasteiger partial charge in [-0.3, -0.25) is 4.99 Å². The summed E-state index contributed by atoms with van der Waals surface area (Å²) >= 11 is 1.66. The van der Waals surface area contributed by atoms with Crippen LogP contribution in [0, 0.1) is 19.7 Å². The molecule has 4 nitrogen and oxygen atoms in total. The number of aryl methyl sites for hydroxylation is 2. The second-order valence-corrected chi connectivity index (χ2v) is 6.05. The van der Waals surface area contributed by atoms with Crippen molar-refractivity contribution in [1.82, 2.24) is 15.6 Å². The van der Waals surface area contributed by atoms with Gasteiger partial charge in [-0.1, -0.05) is 12.1 Å². The number of rotatable bonds is 4. The van der Waals surface area contributed by atoms with E-state index in [1.165, 1.54) is 10.9 Å². The van der Waals surface area contributed by atoms with Crippen LogP contribution in [0.5, 0.6) is 0 Å². The Morgan fingerprint density at radius 1 is 1.27 bits per heavy atom. The Labute approximate surface area is 151 Å². The van der Waals surface area contributed by atoms with E-state index in [1.807, 2.05) is 19.2 Å². The normalized spacial score (nSPS) is 11.0. The molecule has 0 aliphatic rings. The molecular formula is C15H20FIN4S. The first-order valence-corrected chi connectivity index (χ1v) is 7.51. The summed E-state index contributed by atoms with van der Waals surface area (Å²) < 4.78 is 13.2. The maximum atomic E-state index is 13.2. The summed E-state index contributed by atoms with van der Waals surface area (Å²) in [5.41, 5.74) is 1.66. The third-order valence-corrected chi connectivity index (χ3v) is 3.89. The molecule has 7 heteroatoms. The van der Waals surface area contributed by atoms with Crippen molar-refractivity contribution >= 4 is 41.3 Å². The summed E-state index contributed by atoms with van der Waals surface area (Å²) in [6, 6.07) is 5.09. The van der Waals surface area contributed by atoms with Crippen molar-refractivity contribution in [2.24, 2.45) is 4.99 Å². The van der Waals surface area contributed by atoms with Gasteiger partial charge in [-0.2, -0.15) is 0 Å². The molecule has 22 heavy (non-hydrogen) atoms. The van der Waals surface area contributed by atoms with Gasteiger partial charge in [0.2, 0.25) is 0 Å². The molecule has 0 aliphatic carbocycles. The van der Waals surface area contributed by atoms with Gasteiger partial charge in [-0.25, -0.2) is 9.37 Å². The van der Waals surface area contributed by atoms with Crippen LogP contribution in [0.3, 0.4) is 0 Å². The van der Waals surface area contributed by atoms with Gasteiger partial charge >= 0.3 is 0 Å². The van der Waals surface area contributed by atoms with E-state index in [4.69, 9.17) is 0 Å². The van der Waals surface area contributed by atoms with Gasteiger partial charge in [0, 0.05) is 24.7 Å². The number of aromatic nitrogens is 1. The molecule has 0 aliphatic heterocycles. The molecule has 0 saturated carbocycles. The lowest BCUT2D eigenvalue weighted by Crippen LogP contribution is -2.36. The van der Waals surface area contributed by atoms with Crippen molar-refractivity contribution in [3.63, 3.8) is 0 Å². The van der Waals surface area contributed by atoms with Crippen molar-refractivity contribution in [1.29, 1.82) is 0 Å². The monoisotopic (exact) mass is 434 g/mol. The molecule has 2 rings (SSSR count). The van der Waals surface area contributed by atoms with Crippen molar-refractivity contribution in [2.45, 2.75) is 26.9 Å².